The number of aromatic nitrogens is 2. The Hall–Kier alpha value is -4.26. The number of nitrogens with zero attached hydrogens (tertiary/aromatic N) is 2. The van der Waals surface area contributed by atoms with Crippen LogP contribution in [0.15, 0.2) is 83.3 Å². The number of anilines is 1. The first-order valence-electron chi connectivity index (χ1n) is 13.5. The molecule has 202 valence electrons. The molecule has 7 nitrogen and oxygen atoms in total. The van der Waals surface area contributed by atoms with E-state index in [1.807, 2.05) is 78.9 Å². The van der Waals surface area contributed by atoms with Gasteiger partial charge in [0.1, 0.15) is 0 Å². The maximum Gasteiger partial charge on any atom is 0.305 e. The van der Waals surface area contributed by atoms with Crippen molar-refractivity contribution >= 4 is 17.4 Å². The molecule has 0 aliphatic heterocycles. The van der Waals surface area contributed by atoms with Crippen LogP contribution in [0.25, 0.3) is 22.9 Å². The van der Waals surface area contributed by atoms with E-state index in [0.29, 0.717) is 42.7 Å². The lowest BCUT2D eigenvalue weighted by atomic mass is 9.91. The van der Waals surface area contributed by atoms with Crippen molar-refractivity contribution in [3.8, 4) is 22.9 Å². The van der Waals surface area contributed by atoms with Gasteiger partial charge in [-0.2, -0.15) is 0 Å². The standard InChI is InChI=1S/C32H35N3O4/c1-4-22(3)30(24-16-14-23(15-17-24)28(36)12-9-13-29(37)38-5-2)33-27-20-18-26(19-21-27)32-35-34-31(39-32)25-10-7-6-8-11-25/h6-8,10-11,14-22,30,33H,4-5,9,12-13H2,1-3H3. The van der Waals surface area contributed by atoms with Gasteiger partial charge in [-0.05, 0) is 61.2 Å². The van der Waals surface area contributed by atoms with Crippen LogP contribution in [0.5, 0.6) is 0 Å². The summed E-state index contributed by atoms with van der Waals surface area (Å²) in [6.07, 6.45) is 2.07. The van der Waals surface area contributed by atoms with Gasteiger partial charge < -0.3 is 14.5 Å². The molecule has 0 saturated carbocycles. The molecule has 4 aromatic rings. The molecule has 7 heteroatoms. The third kappa shape index (κ3) is 7.41. The quantitative estimate of drug-likeness (QED) is 0.142. The minimum Gasteiger partial charge on any atom is -0.466 e. The summed E-state index contributed by atoms with van der Waals surface area (Å²) in [7, 11) is 0. The monoisotopic (exact) mass is 525 g/mol. The van der Waals surface area contributed by atoms with E-state index in [1.54, 1.807) is 6.92 Å². The van der Waals surface area contributed by atoms with Crippen LogP contribution in [0.4, 0.5) is 5.69 Å². The molecule has 1 heterocycles. The van der Waals surface area contributed by atoms with Crippen molar-refractivity contribution in [1.29, 1.82) is 0 Å². The lowest BCUT2D eigenvalue weighted by Crippen LogP contribution is -2.18. The first-order valence-corrected chi connectivity index (χ1v) is 13.5. The first kappa shape index (κ1) is 27.8. The van der Waals surface area contributed by atoms with Crippen LogP contribution in [-0.2, 0) is 9.53 Å². The van der Waals surface area contributed by atoms with E-state index in [0.717, 1.165) is 28.8 Å². The van der Waals surface area contributed by atoms with Crippen LogP contribution >= 0.6 is 0 Å². The van der Waals surface area contributed by atoms with Gasteiger partial charge in [0.05, 0.1) is 12.6 Å². The maximum absolute atomic E-state index is 12.6. The Morgan fingerprint density at radius 2 is 1.49 bits per heavy atom. The van der Waals surface area contributed by atoms with Crippen molar-refractivity contribution < 1.29 is 18.7 Å². The number of Topliss-reactive ketones (excluding diaryl/α,β-unsaturated/α-hetero) is 1. The molecule has 0 fully saturated rings. The summed E-state index contributed by atoms with van der Waals surface area (Å²) in [6, 6.07) is 25.5. The molecular formula is C32H35N3O4. The van der Waals surface area contributed by atoms with Gasteiger partial charge in [0, 0.05) is 35.2 Å². The van der Waals surface area contributed by atoms with E-state index in [9.17, 15) is 9.59 Å². The molecule has 39 heavy (non-hydrogen) atoms. The Morgan fingerprint density at radius 3 is 2.10 bits per heavy atom. The Kier molecular flexibility index (Phi) is 9.62. The molecular weight excluding hydrogens is 490 g/mol. The fraction of sp³-hybridized carbons (Fsp3) is 0.312. The Balaban J connectivity index is 1.41. The molecule has 1 aromatic heterocycles. The van der Waals surface area contributed by atoms with Gasteiger partial charge in [0.2, 0.25) is 11.8 Å². The zero-order valence-corrected chi connectivity index (χ0v) is 22.7. The summed E-state index contributed by atoms with van der Waals surface area (Å²) in [5.74, 6) is 1.10. The Morgan fingerprint density at radius 1 is 0.846 bits per heavy atom. The van der Waals surface area contributed by atoms with Gasteiger partial charge >= 0.3 is 5.97 Å². The van der Waals surface area contributed by atoms with Gasteiger partial charge in [-0.3, -0.25) is 9.59 Å². The third-order valence-electron chi connectivity index (χ3n) is 6.79. The fourth-order valence-electron chi connectivity index (χ4n) is 4.36. The SMILES string of the molecule is CCOC(=O)CCCC(=O)c1ccc(C(Nc2ccc(-c3nnc(-c4ccccc4)o3)cc2)C(C)CC)cc1. The molecule has 2 unspecified atom stereocenters. The number of ether oxygens (including phenoxy) is 1. The molecule has 0 radical (unpaired) electrons. The summed E-state index contributed by atoms with van der Waals surface area (Å²) in [5, 5.41) is 12.1. The normalized spacial score (nSPS) is 12.5. The van der Waals surface area contributed by atoms with Crippen LogP contribution in [0.2, 0.25) is 0 Å². The van der Waals surface area contributed by atoms with Crippen LogP contribution in [0.1, 0.15) is 68.4 Å². The average molecular weight is 526 g/mol. The van der Waals surface area contributed by atoms with Gasteiger partial charge in [0.25, 0.3) is 0 Å². The highest BCUT2D eigenvalue weighted by atomic mass is 16.5. The molecule has 0 spiro atoms. The Labute approximate surface area is 229 Å². The summed E-state index contributed by atoms with van der Waals surface area (Å²) in [4.78, 5) is 24.1. The molecule has 4 rings (SSSR count). The van der Waals surface area contributed by atoms with E-state index in [4.69, 9.17) is 9.15 Å². The molecule has 0 saturated heterocycles. The van der Waals surface area contributed by atoms with Gasteiger partial charge in [-0.25, -0.2) is 0 Å². The van der Waals surface area contributed by atoms with E-state index in [1.165, 1.54) is 0 Å². The number of ketones is 1. The average Bonchev–Trinajstić information content (AvgIpc) is 3.47. The summed E-state index contributed by atoms with van der Waals surface area (Å²) < 4.78 is 10.8. The second-order valence-electron chi connectivity index (χ2n) is 9.57. The second kappa shape index (κ2) is 13.5. The molecule has 1 N–H and O–H groups in total. The number of hydrogen-bond donors (Lipinski definition) is 1. The van der Waals surface area contributed by atoms with E-state index >= 15 is 0 Å². The number of hydrogen-bond acceptors (Lipinski definition) is 7. The zero-order valence-electron chi connectivity index (χ0n) is 22.7. The van der Waals surface area contributed by atoms with Crippen LogP contribution in [0, 0.1) is 5.92 Å². The topological polar surface area (TPSA) is 94.3 Å². The number of carbonyl (C=O) groups is 2. The van der Waals surface area contributed by atoms with Gasteiger partial charge in [0.15, 0.2) is 5.78 Å². The molecule has 2 atom stereocenters. The van der Waals surface area contributed by atoms with E-state index in [2.05, 4.69) is 29.4 Å². The second-order valence-corrected chi connectivity index (χ2v) is 9.57. The minimum atomic E-state index is -0.259. The maximum atomic E-state index is 12.6. The summed E-state index contributed by atoms with van der Waals surface area (Å²) in [6.45, 7) is 6.52. The first-order chi connectivity index (χ1) is 19.0. The number of nitrogens with one attached hydrogen (secondary N) is 1. The van der Waals surface area contributed by atoms with Crippen LogP contribution in [0.3, 0.4) is 0 Å². The summed E-state index contributed by atoms with van der Waals surface area (Å²) >= 11 is 0. The molecule has 3 aromatic carbocycles. The van der Waals surface area contributed by atoms with Crippen molar-refractivity contribution in [1.82, 2.24) is 10.2 Å². The van der Waals surface area contributed by atoms with Crippen LogP contribution in [-0.4, -0.2) is 28.6 Å². The predicted molar refractivity (Wildman–Crippen MR) is 152 cm³/mol. The van der Waals surface area contributed by atoms with Crippen LogP contribution < -0.4 is 5.32 Å². The highest BCUT2D eigenvalue weighted by molar-refractivity contribution is 5.96. The number of esters is 1. The smallest absolute Gasteiger partial charge is 0.305 e. The van der Waals surface area contributed by atoms with Crippen molar-refractivity contribution in [3.63, 3.8) is 0 Å². The van der Waals surface area contributed by atoms with Gasteiger partial charge in [-0.15, -0.1) is 10.2 Å². The molecule has 0 bridgehead atoms. The minimum absolute atomic E-state index is 0.0333. The highest BCUT2D eigenvalue weighted by Gasteiger charge is 2.19. The molecule has 0 aliphatic rings. The van der Waals surface area contributed by atoms with Crippen molar-refractivity contribution in [2.75, 3.05) is 11.9 Å². The molecule has 0 amide bonds. The fourth-order valence-corrected chi connectivity index (χ4v) is 4.36. The van der Waals surface area contributed by atoms with Crippen molar-refractivity contribution in [3.05, 3.63) is 90.0 Å². The lowest BCUT2D eigenvalue weighted by Gasteiger charge is -2.26. The zero-order chi connectivity index (χ0) is 27.6. The number of rotatable bonds is 13. The van der Waals surface area contributed by atoms with E-state index in [-0.39, 0.29) is 24.2 Å². The highest BCUT2D eigenvalue weighted by Crippen LogP contribution is 2.31. The molecule has 0 aliphatic carbocycles. The summed E-state index contributed by atoms with van der Waals surface area (Å²) in [5.41, 5.74) is 4.48. The Bertz CT molecular complexity index is 1350. The largest absolute Gasteiger partial charge is 0.466 e. The van der Waals surface area contributed by atoms with Gasteiger partial charge in [-0.1, -0.05) is 62.7 Å². The number of benzene rings is 3. The third-order valence-corrected chi connectivity index (χ3v) is 6.79. The van der Waals surface area contributed by atoms with Crippen molar-refractivity contribution in [2.45, 2.75) is 52.5 Å². The predicted octanol–water partition coefficient (Wildman–Crippen LogP) is 7.52. The van der Waals surface area contributed by atoms with E-state index < -0.39 is 0 Å². The lowest BCUT2D eigenvalue weighted by molar-refractivity contribution is -0.143. The van der Waals surface area contributed by atoms with Crippen molar-refractivity contribution in [2.24, 2.45) is 5.92 Å². The number of carbonyl (C=O) groups excluding carboxylic acids is 2.